The van der Waals surface area contributed by atoms with Gasteiger partial charge in [-0.2, -0.15) is 0 Å². The molecule has 2 nitrogen and oxygen atoms in total. The van der Waals surface area contributed by atoms with Crippen LogP contribution in [0.3, 0.4) is 0 Å². The molecule has 2 aromatic heterocycles. The van der Waals surface area contributed by atoms with E-state index >= 15 is 0 Å². The standard InChI is InChI=1S/C15H13FN2/c16-13-5-6-14-12(10-18-15(14)8-13)4-3-11-2-1-7-17-9-11/h1-2,5-10,18H,3-4H2. The molecule has 0 aliphatic heterocycles. The highest BCUT2D eigenvalue weighted by Gasteiger charge is 2.04. The summed E-state index contributed by atoms with van der Waals surface area (Å²) in [5.41, 5.74) is 3.29. The number of nitrogens with one attached hydrogen (secondary N) is 1. The Kier molecular flexibility index (Phi) is 2.81. The number of fused-ring (bicyclic) bond motifs is 1. The maximum Gasteiger partial charge on any atom is 0.125 e. The van der Waals surface area contributed by atoms with Crippen LogP contribution in [0.4, 0.5) is 4.39 Å². The van der Waals surface area contributed by atoms with Crippen LogP contribution in [0.2, 0.25) is 0 Å². The van der Waals surface area contributed by atoms with E-state index in [2.05, 4.69) is 16.0 Å². The van der Waals surface area contributed by atoms with Gasteiger partial charge in [-0.05, 0) is 48.2 Å². The molecule has 2 heterocycles. The van der Waals surface area contributed by atoms with Crippen LogP contribution >= 0.6 is 0 Å². The predicted molar refractivity (Wildman–Crippen MR) is 69.9 cm³/mol. The molecule has 0 spiro atoms. The summed E-state index contributed by atoms with van der Waals surface area (Å²) < 4.78 is 13.1. The summed E-state index contributed by atoms with van der Waals surface area (Å²) in [5, 5.41) is 1.10. The summed E-state index contributed by atoms with van der Waals surface area (Å²) in [6.45, 7) is 0. The number of aryl methyl sites for hydroxylation is 2. The average molecular weight is 240 g/mol. The van der Waals surface area contributed by atoms with Crippen molar-refractivity contribution in [1.29, 1.82) is 0 Å². The second-order valence-electron chi connectivity index (χ2n) is 4.37. The lowest BCUT2D eigenvalue weighted by atomic mass is 10.1. The first-order valence-corrected chi connectivity index (χ1v) is 5.97. The third-order valence-corrected chi connectivity index (χ3v) is 3.14. The third kappa shape index (κ3) is 2.12. The molecule has 0 aliphatic carbocycles. The van der Waals surface area contributed by atoms with Crippen molar-refractivity contribution in [2.24, 2.45) is 0 Å². The van der Waals surface area contributed by atoms with Crippen LogP contribution < -0.4 is 0 Å². The Morgan fingerprint density at radius 1 is 1.17 bits per heavy atom. The SMILES string of the molecule is Fc1ccc2c(CCc3cccnc3)c[nH]c2c1. The smallest absolute Gasteiger partial charge is 0.125 e. The molecule has 0 saturated carbocycles. The molecule has 1 N–H and O–H groups in total. The molecular formula is C15H13FN2. The molecule has 0 aliphatic rings. The molecule has 1 aromatic carbocycles. The van der Waals surface area contributed by atoms with Gasteiger partial charge in [0.25, 0.3) is 0 Å². The van der Waals surface area contributed by atoms with Crippen molar-refractivity contribution in [2.75, 3.05) is 0 Å². The van der Waals surface area contributed by atoms with E-state index in [0.29, 0.717) is 0 Å². The number of aromatic nitrogens is 2. The van der Waals surface area contributed by atoms with Crippen LogP contribution in [0.5, 0.6) is 0 Å². The monoisotopic (exact) mass is 240 g/mol. The topological polar surface area (TPSA) is 28.7 Å². The van der Waals surface area contributed by atoms with E-state index in [9.17, 15) is 4.39 Å². The summed E-state index contributed by atoms with van der Waals surface area (Å²) in [5.74, 6) is -0.205. The molecule has 3 rings (SSSR count). The van der Waals surface area contributed by atoms with Gasteiger partial charge in [0.05, 0.1) is 0 Å². The second kappa shape index (κ2) is 4.61. The maximum absolute atomic E-state index is 13.1. The Morgan fingerprint density at radius 2 is 2.11 bits per heavy atom. The van der Waals surface area contributed by atoms with Gasteiger partial charge >= 0.3 is 0 Å². The summed E-state index contributed by atoms with van der Waals surface area (Å²) in [4.78, 5) is 7.21. The van der Waals surface area contributed by atoms with E-state index in [1.165, 1.54) is 23.3 Å². The first-order valence-electron chi connectivity index (χ1n) is 5.97. The fraction of sp³-hybridized carbons (Fsp3) is 0.133. The summed E-state index contributed by atoms with van der Waals surface area (Å²) in [6, 6.07) is 8.88. The number of aromatic amines is 1. The Morgan fingerprint density at radius 3 is 2.94 bits per heavy atom. The van der Waals surface area contributed by atoms with Crippen molar-refractivity contribution in [3.63, 3.8) is 0 Å². The molecule has 90 valence electrons. The third-order valence-electron chi connectivity index (χ3n) is 3.14. The zero-order valence-corrected chi connectivity index (χ0v) is 9.86. The van der Waals surface area contributed by atoms with Gasteiger partial charge < -0.3 is 4.98 Å². The Bertz CT molecular complexity index is 659. The number of halogens is 1. The van der Waals surface area contributed by atoms with Gasteiger partial charge in [0.1, 0.15) is 5.82 Å². The molecule has 0 unspecified atom stereocenters. The van der Waals surface area contributed by atoms with Gasteiger partial charge in [0.15, 0.2) is 0 Å². The van der Waals surface area contributed by atoms with E-state index in [1.807, 2.05) is 24.5 Å². The van der Waals surface area contributed by atoms with Gasteiger partial charge in [-0.3, -0.25) is 4.98 Å². The predicted octanol–water partition coefficient (Wildman–Crippen LogP) is 3.49. The number of pyridine rings is 1. The number of rotatable bonds is 3. The summed E-state index contributed by atoms with van der Waals surface area (Å²) in [7, 11) is 0. The normalized spacial score (nSPS) is 10.9. The van der Waals surface area contributed by atoms with Crippen LogP contribution in [0.15, 0.2) is 48.9 Å². The van der Waals surface area contributed by atoms with E-state index in [1.54, 1.807) is 6.20 Å². The minimum atomic E-state index is -0.205. The number of nitrogens with zero attached hydrogens (tertiary/aromatic N) is 1. The Hall–Kier alpha value is -2.16. The van der Waals surface area contributed by atoms with E-state index in [-0.39, 0.29) is 5.82 Å². The van der Waals surface area contributed by atoms with E-state index in [0.717, 1.165) is 23.7 Å². The van der Waals surface area contributed by atoms with Crippen molar-refractivity contribution in [2.45, 2.75) is 12.8 Å². The lowest BCUT2D eigenvalue weighted by Crippen LogP contribution is -1.90. The number of benzene rings is 1. The van der Waals surface area contributed by atoms with Crippen molar-refractivity contribution >= 4 is 10.9 Å². The lowest BCUT2D eigenvalue weighted by molar-refractivity contribution is 0.629. The Balaban J connectivity index is 1.83. The molecule has 18 heavy (non-hydrogen) atoms. The molecule has 3 heteroatoms. The van der Waals surface area contributed by atoms with E-state index < -0.39 is 0 Å². The summed E-state index contributed by atoms with van der Waals surface area (Å²) in [6.07, 6.45) is 7.49. The van der Waals surface area contributed by atoms with Gasteiger partial charge in [0.2, 0.25) is 0 Å². The number of hydrogen-bond acceptors (Lipinski definition) is 1. The van der Waals surface area contributed by atoms with Gasteiger partial charge in [-0.15, -0.1) is 0 Å². The molecule has 0 fully saturated rings. The van der Waals surface area contributed by atoms with Crippen LogP contribution in [0, 0.1) is 5.82 Å². The van der Waals surface area contributed by atoms with Crippen LogP contribution in [-0.2, 0) is 12.8 Å². The fourth-order valence-electron chi connectivity index (χ4n) is 2.19. The first-order chi connectivity index (χ1) is 8.83. The lowest BCUT2D eigenvalue weighted by Gasteiger charge is -2.00. The minimum absolute atomic E-state index is 0.205. The first kappa shape index (κ1) is 11.0. The van der Waals surface area contributed by atoms with Gasteiger partial charge in [-0.1, -0.05) is 6.07 Å². The van der Waals surface area contributed by atoms with Crippen molar-refractivity contribution < 1.29 is 4.39 Å². The molecule has 0 radical (unpaired) electrons. The largest absolute Gasteiger partial charge is 0.361 e. The molecule has 0 amide bonds. The molecule has 0 bridgehead atoms. The molecule has 3 aromatic rings. The summed E-state index contributed by atoms with van der Waals surface area (Å²) >= 11 is 0. The van der Waals surface area contributed by atoms with Crippen LogP contribution in [-0.4, -0.2) is 9.97 Å². The van der Waals surface area contributed by atoms with Crippen molar-refractivity contribution in [3.8, 4) is 0 Å². The molecule has 0 atom stereocenters. The van der Waals surface area contributed by atoms with Crippen molar-refractivity contribution in [3.05, 3.63) is 65.9 Å². The highest BCUT2D eigenvalue weighted by atomic mass is 19.1. The minimum Gasteiger partial charge on any atom is -0.361 e. The van der Waals surface area contributed by atoms with E-state index in [4.69, 9.17) is 0 Å². The average Bonchev–Trinajstić information content (AvgIpc) is 2.80. The maximum atomic E-state index is 13.1. The highest BCUT2D eigenvalue weighted by Crippen LogP contribution is 2.20. The Labute approximate surface area is 104 Å². The zero-order valence-electron chi connectivity index (χ0n) is 9.86. The zero-order chi connectivity index (χ0) is 12.4. The quantitative estimate of drug-likeness (QED) is 0.746. The van der Waals surface area contributed by atoms with Gasteiger partial charge in [0, 0.05) is 29.5 Å². The molecule has 0 saturated heterocycles. The molecular weight excluding hydrogens is 227 g/mol. The number of H-pyrrole nitrogens is 1. The second-order valence-corrected chi connectivity index (χ2v) is 4.37. The van der Waals surface area contributed by atoms with Gasteiger partial charge in [-0.25, -0.2) is 4.39 Å². The van der Waals surface area contributed by atoms with Crippen molar-refractivity contribution in [1.82, 2.24) is 9.97 Å². The number of hydrogen-bond donors (Lipinski definition) is 1. The highest BCUT2D eigenvalue weighted by molar-refractivity contribution is 5.83. The fourth-order valence-corrected chi connectivity index (χ4v) is 2.19. The van der Waals surface area contributed by atoms with Crippen LogP contribution in [0.1, 0.15) is 11.1 Å². The van der Waals surface area contributed by atoms with Crippen LogP contribution in [0.25, 0.3) is 10.9 Å².